The molecule has 0 bridgehead atoms. The lowest BCUT2D eigenvalue weighted by molar-refractivity contribution is 0.978. The zero-order chi connectivity index (χ0) is 9.59. The van der Waals surface area contributed by atoms with Crippen molar-refractivity contribution in [2.45, 2.75) is 13.8 Å². The fraction of sp³-hybridized carbons (Fsp3) is 0.273. The maximum absolute atomic E-state index is 5.95. The quantitative estimate of drug-likeness (QED) is 0.653. The molecule has 2 N–H and O–H groups in total. The molecule has 0 aliphatic rings. The van der Waals surface area contributed by atoms with Gasteiger partial charge in [0, 0.05) is 18.0 Å². The highest BCUT2D eigenvalue weighted by Gasteiger charge is 2.09. The fourth-order valence-electron chi connectivity index (χ4n) is 1.93. The van der Waals surface area contributed by atoms with Crippen LogP contribution in [-0.2, 0) is 7.05 Å². The standard InChI is InChI=1S/C11H14N2/c1-7-5-4-6-9-10(7)8(2)11(12)13(9)3/h4-6H,12H2,1-3H3. The Hall–Kier alpha value is -1.44. The van der Waals surface area contributed by atoms with Crippen molar-refractivity contribution in [3.63, 3.8) is 0 Å². The first kappa shape index (κ1) is 8.17. The van der Waals surface area contributed by atoms with Crippen LogP contribution in [0.25, 0.3) is 10.9 Å². The van der Waals surface area contributed by atoms with Crippen LogP contribution in [0.4, 0.5) is 5.82 Å². The molecule has 0 aliphatic heterocycles. The molecule has 1 aromatic carbocycles. The molecule has 0 radical (unpaired) electrons. The van der Waals surface area contributed by atoms with Crippen molar-refractivity contribution >= 4 is 16.7 Å². The number of hydrogen-bond donors (Lipinski definition) is 1. The second-order valence-electron chi connectivity index (χ2n) is 3.54. The van der Waals surface area contributed by atoms with Crippen LogP contribution < -0.4 is 5.73 Å². The van der Waals surface area contributed by atoms with E-state index < -0.39 is 0 Å². The van der Waals surface area contributed by atoms with Crippen molar-refractivity contribution in [1.29, 1.82) is 0 Å². The SMILES string of the molecule is Cc1cccc2c1c(C)c(N)n2C. The molecule has 13 heavy (non-hydrogen) atoms. The molecule has 2 rings (SSSR count). The largest absolute Gasteiger partial charge is 0.385 e. The van der Waals surface area contributed by atoms with Crippen LogP contribution in [0.2, 0.25) is 0 Å². The molecule has 1 heterocycles. The Balaban J connectivity index is 3.03. The second-order valence-corrected chi connectivity index (χ2v) is 3.54. The Labute approximate surface area is 78.0 Å². The highest BCUT2D eigenvalue weighted by molar-refractivity contribution is 5.91. The summed E-state index contributed by atoms with van der Waals surface area (Å²) in [7, 11) is 2.00. The van der Waals surface area contributed by atoms with Gasteiger partial charge in [-0.3, -0.25) is 0 Å². The van der Waals surface area contributed by atoms with Crippen molar-refractivity contribution in [3.05, 3.63) is 29.3 Å². The van der Waals surface area contributed by atoms with Crippen molar-refractivity contribution in [2.75, 3.05) is 5.73 Å². The lowest BCUT2D eigenvalue weighted by Crippen LogP contribution is -1.95. The summed E-state index contributed by atoms with van der Waals surface area (Å²) >= 11 is 0. The normalized spacial score (nSPS) is 11.0. The first-order chi connectivity index (χ1) is 6.13. The van der Waals surface area contributed by atoms with Gasteiger partial charge < -0.3 is 10.3 Å². The second kappa shape index (κ2) is 2.52. The summed E-state index contributed by atoms with van der Waals surface area (Å²) in [6.45, 7) is 4.19. The smallest absolute Gasteiger partial charge is 0.107 e. The highest BCUT2D eigenvalue weighted by atomic mass is 15.0. The van der Waals surface area contributed by atoms with Crippen LogP contribution in [0.1, 0.15) is 11.1 Å². The Bertz CT molecular complexity index is 466. The number of fused-ring (bicyclic) bond motifs is 1. The van der Waals surface area contributed by atoms with E-state index in [0.29, 0.717) is 0 Å². The van der Waals surface area contributed by atoms with Crippen LogP contribution in [0.15, 0.2) is 18.2 Å². The predicted molar refractivity (Wildman–Crippen MR) is 56.8 cm³/mol. The summed E-state index contributed by atoms with van der Waals surface area (Å²) in [5.74, 6) is 0.865. The molecule has 0 saturated carbocycles. The summed E-state index contributed by atoms with van der Waals surface area (Å²) < 4.78 is 2.04. The van der Waals surface area contributed by atoms with E-state index >= 15 is 0 Å². The van der Waals surface area contributed by atoms with Crippen LogP contribution >= 0.6 is 0 Å². The maximum atomic E-state index is 5.95. The Morgan fingerprint density at radius 1 is 1.23 bits per heavy atom. The van der Waals surface area contributed by atoms with E-state index in [2.05, 4.69) is 32.0 Å². The van der Waals surface area contributed by atoms with E-state index in [0.717, 1.165) is 5.82 Å². The predicted octanol–water partition coefficient (Wildman–Crippen LogP) is 2.38. The number of benzene rings is 1. The van der Waals surface area contributed by atoms with Gasteiger partial charge in [-0.15, -0.1) is 0 Å². The zero-order valence-electron chi connectivity index (χ0n) is 8.26. The highest BCUT2D eigenvalue weighted by Crippen LogP contribution is 2.28. The number of aryl methyl sites for hydroxylation is 3. The minimum atomic E-state index is 0.865. The summed E-state index contributed by atoms with van der Waals surface area (Å²) in [5, 5.41) is 1.29. The molecular weight excluding hydrogens is 160 g/mol. The molecule has 0 amide bonds. The summed E-state index contributed by atoms with van der Waals surface area (Å²) in [6, 6.07) is 6.29. The van der Waals surface area contributed by atoms with E-state index in [9.17, 15) is 0 Å². The summed E-state index contributed by atoms with van der Waals surface area (Å²) in [5.41, 5.74) is 9.65. The molecule has 68 valence electrons. The first-order valence-electron chi connectivity index (χ1n) is 4.43. The maximum Gasteiger partial charge on any atom is 0.107 e. The minimum absolute atomic E-state index is 0.865. The summed E-state index contributed by atoms with van der Waals surface area (Å²) in [6.07, 6.45) is 0. The van der Waals surface area contributed by atoms with Crippen LogP contribution in [0, 0.1) is 13.8 Å². The molecule has 0 saturated heterocycles. The Morgan fingerprint density at radius 3 is 2.54 bits per heavy atom. The monoisotopic (exact) mass is 174 g/mol. The van der Waals surface area contributed by atoms with Crippen LogP contribution in [0.5, 0.6) is 0 Å². The van der Waals surface area contributed by atoms with Crippen molar-refractivity contribution in [1.82, 2.24) is 4.57 Å². The van der Waals surface area contributed by atoms with Gasteiger partial charge in [0.15, 0.2) is 0 Å². The van der Waals surface area contributed by atoms with E-state index in [4.69, 9.17) is 5.73 Å². The van der Waals surface area contributed by atoms with Crippen molar-refractivity contribution in [3.8, 4) is 0 Å². The van der Waals surface area contributed by atoms with E-state index in [1.165, 1.54) is 22.0 Å². The lowest BCUT2D eigenvalue weighted by atomic mass is 10.1. The van der Waals surface area contributed by atoms with E-state index in [1.54, 1.807) is 0 Å². The van der Waals surface area contributed by atoms with Crippen LogP contribution in [-0.4, -0.2) is 4.57 Å². The van der Waals surface area contributed by atoms with Gasteiger partial charge in [-0.25, -0.2) is 0 Å². The third-order valence-corrected chi connectivity index (χ3v) is 2.73. The number of anilines is 1. The molecular formula is C11H14N2. The van der Waals surface area contributed by atoms with Gasteiger partial charge in [0.1, 0.15) is 5.82 Å². The number of rotatable bonds is 0. The van der Waals surface area contributed by atoms with Crippen molar-refractivity contribution < 1.29 is 0 Å². The molecule has 2 nitrogen and oxygen atoms in total. The number of aromatic nitrogens is 1. The van der Waals surface area contributed by atoms with Gasteiger partial charge in [-0.1, -0.05) is 12.1 Å². The minimum Gasteiger partial charge on any atom is -0.385 e. The fourth-order valence-corrected chi connectivity index (χ4v) is 1.93. The number of nitrogens with zero attached hydrogens (tertiary/aromatic N) is 1. The lowest BCUT2D eigenvalue weighted by Gasteiger charge is -1.98. The van der Waals surface area contributed by atoms with Gasteiger partial charge in [-0.05, 0) is 31.0 Å². The average Bonchev–Trinajstić information content (AvgIpc) is 2.33. The molecule has 2 aromatic rings. The average molecular weight is 174 g/mol. The number of nitrogens with two attached hydrogens (primary N) is 1. The van der Waals surface area contributed by atoms with Crippen molar-refractivity contribution in [2.24, 2.45) is 7.05 Å². The third kappa shape index (κ3) is 0.949. The van der Waals surface area contributed by atoms with Gasteiger partial charge >= 0.3 is 0 Å². The molecule has 0 spiro atoms. The van der Waals surface area contributed by atoms with E-state index in [-0.39, 0.29) is 0 Å². The molecule has 0 aliphatic carbocycles. The molecule has 0 unspecified atom stereocenters. The molecule has 0 atom stereocenters. The number of nitrogen functional groups attached to an aromatic ring is 1. The van der Waals surface area contributed by atoms with Gasteiger partial charge in [0.05, 0.1) is 0 Å². The number of hydrogen-bond acceptors (Lipinski definition) is 1. The summed E-state index contributed by atoms with van der Waals surface area (Å²) in [4.78, 5) is 0. The third-order valence-electron chi connectivity index (χ3n) is 2.73. The van der Waals surface area contributed by atoms with Crippen LogP contribution in [0.3, 0.4) is 0 Å². The molecule has 0 fully saturated rings. The molecule has 1 aromatic heterocycles. The van der Waals surface area contributed by atoms with Gasteiger partial charge in [0.25, 0.3) is 0 Å². The Morgan fingerprint density at radius 2 is 1.92 bits per heavy atom. The van der Waals surface area contributed by atoms with Gasteiger partial charge in [0.2, 0.25) is 0 Å². The zero-order valence-corrected chi connectivity index (χ0v) is 8.26. The van der Waals surface area contributed by atoms with Gasteiger partial charge in [-0.2, -0.15) is 0 Å². The molecule has 2 heteroatoms. The van der Waals surface area contributed by atoms with E-state index in [1.807, 2.05) is 11.6 Å². The first-order valence-corrected chi connectivity index (χ1v) is 4.43. The topological polar surface area (TPSA) is 30.9 Å². The Kier molecular flexibility index (Phi) is 1.59.